The van der Waals surface area contributed by atoms with Crippen LogP contribution in [0.5, 0.6) is 0 Å². The lowest BCUT2D eigenvalue weighted by Gasteiger charge is -2.15. The zero-order valence-corrected chi connectivity index (χ0v) is 10.8. The molecule has 0 saturated carbocycles. The van der Waals surface area contributed by atoms with E-state index in [-0.39, 0.29) is 0 Å². The minimum absolute atomic E-state index is 0.555. The predicted octanol–water partition coefficient (Wildman–Crippen LogP) is 3.71. The summed E-state index contributed by atoms with van der Waals surface area (Å²) in [5.41, 5.74) is 13.0. The van der Waals surface area contributed by atoms with E-state index in [4.69, 9.17) is 5.73 Å². The lowest BCUT2D eigenvalue weighted by atomic mass is 9.90. The maximum Gasteiger partial charge on any atom is -0.00106 e. The highest BCUT2D eigenvalue weighted by atomic mass is 14.5. The number of nitrogens with two attached hydrogens (primary N) is 1. The summed E-state index contributed by atoms with van der Waals surface area (Å²) in [5.74, 6) is 0.555. The van der Waals surface area contributed by atoms with Gasteiger partial charge in [-0.1, -0.05) is 49.4 Å². The summed E-state index contributed by atoms with van der Waals surface area (Å²) >= 11 is 0. The molecule has 0 aromatic heterocycles. The van der Waals surface area contributed by atoms with E-state index in [1.54, 1.807) is 0 Å². The van der Waals surface area contributed by atoms with Gasteiger partial charge in [0.1, 0.15) is 0 Å². The first-order chi connectivity index (χ1) is 8.81. The molecule has 0 saturated heterocycles. The van der Waals surface area contributed by atoms with Crippen molar-refractivity contribution in [3.63, 3.8) is 0 Å². The van der Waals surface area contributed by atoms with Gasteiger partial charge in [0.15, 0.2) is 0 Å². The highest BCUT2D eigenvalue weighted by Crippen LogP contribution is 2.40. The molecule has 1 heteroatoms. The van der Waals surface area contributed by atoms with Crippen LogP contribution < -0.4 is 5.73 Å². The fourth-order valence-corrected chi connectivity index (χ4v) is 3.05. The zero-order valence-electron chi connectivity index (χ0n) is 10.8. The second kappa shape index (κ2) is 4.58. The Labute approximate surface area is 109 Å². The Morgan fingerprint density at radius 1 is 1.06 bits per heavy atom. The van der Waals surface area contributed by atoms with Crippen molar-refractivity contribution >= 4 is 0 Å². The van der Waals surface area contributed by atoms with Crippen LogP contribution in [0, 0.1) is 0 Å². The van der Waals surface area contributed by atoms with Gasteiger partial charge in [-0.05, 0) is 53.1 Å². The third-order valence-corrected chi connectivity index (χ3v) is 4.02. The van der Waals surface area contributed by atoms with Crippen LogP contribution in [-0.4, -0.2) is 6.54 Å². The Bertz CT molecular complexity index is 572. The first-order valence-corrected chi connectivity index (χ1v) is 6.71. The van der Waals surface area contributed by atoms with Crippen LogP contribution in [0.3, 0.4) is 0 Å². The van der Waals surface area contributed by atoms with Gasteiger partial charge in [0, 0.05) is 0 Å². The van der Waals surface area contributed by atoms with Crippen LogP contribution >= 0.6 is 0 Å². The molecule has 0 aliphatic heterocycles. The van der Waals surface area contributed by atoms with E-state index in [0.717, 1.165) is 19.4 Å². The smallest absolute Gasteiger partial charge is 0.00106 e. The molecular weight excluding hydrogens is 218 g/mol. The number of rotatable bonds is 3. The normalized spacial score (nSPS) is 14.1. The first-order valence-electron chi connectivity index (χ1n) is 6.71. The van der Waals surface area contributed by atoms with E-state index in [2.05, 4.69) is 49.4 Å². The van der Waals surface area contributed by atoms with Gasteiger partial charge in [-0.15, -0.1) is 0 Å². The molecule has 1 atom stereocenters. The molecule has 0 radical (unpaired) electrons. The highest BCUT2D eigenvalue weighted by Gasteiger charge is 2.21. The molecular formula is C17H19N. The minimum atomic E-state index is 0.555. The molecule has 0 bridgehead atoms. The summed E-state index contributed by atoms with van der Waals surface area (Å²) in [6.45, 7) is 3.04. The standard InChI is InChI=1S/C17H19N/c1-12(9-10-18)14-7-4-8-16-15-6-3-2-5-13(15)11-17(14)16/h2-8,12H,9-11,18H2,1H3. The average molecular weight is 237 g/mol. The van der Waals surface area contributed by atoms with Crippen molar-refractivity contribution in [3.8, 4) is 11.1 Å². The van der Waals surface area contributed by atoms with Crippen LogP contribution in [0.25, 0.3) is 11.1 Å². The second-order valence-electron chi connectivity index (χ2n) is 5.19. The number of hydrogen-bond donors (Lipinski definition) is 1. The van der Waals surface area contributed by atoms with E-state index in [1.165, 1.54) is 27.8 Å². The van der Waals surface area contributed by atoms with Crippen LogP contribution in [0.2, 0.25) is 0 Å². The molecule has 2 N–H and O–H groups in total. The average Bonchev–Trinajstić information content (AvgIpc) is 2.77. The number of fused-ring (bicyclic) bond motifs is 3. The quantitative estimate of drug-likeness (QED) is 0.738. The van der Waals surface area contributed by atoms with Crippen molar-refractivity contribution in [2.24, 2.45) is 5.73 Å². The second-order valence-corrected chi connectivity index (χ2v) is 5.19. The molecule has 18 heavy (non-hydrogen) atoms. The monoisotopic (exact) mass is 237 g/mol. The summed E-state index contributed by atoms with van der Waals surface area (Å²) in [6, 6.07) is 15.4. The third kappa shape index (κ3) is 1.75. The van der Waals surface area contributed by atoms with Crippen molar-refractivity contribution in [3.05, 3.63) is 59.2 Å². The molecule has 0 fully saturated rings. The van der Waals surface area contributed by atoms with Crippen molar-refractivity contribution in [1.82, 2.24) is 0 Å². The number of hydrogen-bond acceptors (Lipinski definition) is 1. The van der Waals surface area contributed by atoms with Crippen molar-refractivity contribution < 1.29 is 0 Å². The van der Waals surface area contributed by atoms with E-state index in [9.17, 15) is 0 Å². The summed E-state index contributed by atoms with van der Waals surface area (Å²) in [5, 5.41) is 0. The molecule has 2 aromatic rings. The van der Waals surface area contributed by atoms with Gasteiger partial charge in [0.2, 0.25) is 0 Å². The fraction of sp³-hybridized carbons (Fsp3) is 0.294. The van der Waals surface area contributed by atoms with Gasteiger partial charge < -0.3 is 5.73 Å². The maximum absolute atomic E-state index is 5.70. The first kappa shape index (κ1) is 11.5. The van der Waals surface area contributed by atoms with Crippen molar-refractivity contribution in [2.75, 3.05) is 6.54 Å². The van der Waals surface area contributed by atoms with Crippen molar-refractivity contribution in [1.29, 1.82) is 0 Å². The SMILES string of the molecule is CC(CCN)c1cccc2c1Cc1ccccc1-2. The van der Waals surface area contributed by atoms with Crippen LogP contribution in [-0.2, 0) is 6.42 Å². The van der Waals surface area contributed by atoms with E-state index >= 15 is 0 Å². The summed E-state index contributed by atoms with van der Waals surface area (Å²) in [4.78, 5) is 0. The topological polar surface area (TPSA) is 26.0 Å². The Kier molecular flexibility index (Phi) is 2.92. The van der Waals surface area contributed by atoms with Crippen LogP contribution in [0.4, 0.5) is 0 Å². The van der Waals surface area contributed by atoms with Crippen LogP contribution in [0.1, 0.15) is 36.0 Å². The maximum atomic E-state index is 5.70. The Balaban J connectivity index is 2.08. The van der Waals surface area contributed by atoms with Gasteiger partial charge in [0.25, 0.3) is 0 Å². The third-order valence-electron chi connectivity index (χ3n) is 4.02. The van der Waals surface area contributed by atoms with Gasteiger partial charge in [-0.25, -0.2) is 0 Å². The largest absolute Gasteiger partial charge is 0.330 e. The van der Waals surface area contributed by atoms with Crippen LogP contribution in [0.15, 0.2) is 42.5 Å². The highest BCUT2D eigenvalue weighted by molar-refractivity contribution is 5.78. The molecule has 0 spiro atoms. The van der Waals surface area contributed by atoms with Gasteiger partial charge in [-0.2, -0.15) is 0 Å². The molecule has 0 heterocycles. The van der Waals surface area contributed by atoms with Gasteiger partial charge in [-0.3, -0.25) is 0 Å². The summed E-state index contributed by atoms with van der Waals surface area (Å²) < 4.78 is 0. The van der Waals surface area contributed by atoms with E-state index < -0.39 is 0 Å². The molecule has 2 aromatic carbocycles. The zero-order chi connectivity index (χ0) is 12.5. The molecule has 1 aliphatic rings. The molecule has 0 amide bonds. The van der Waals surface area contributed by atoms with Gasteiger partial charge in [0.05, 0.1) is 0 Å². The minimum Gasteiger partial charge on any atom is -0.330 e. The molecule has 1 nitrogen and oxygen atoms in total. The Hall–Kier alpha value is -1.60. The van der Waals surface area contributed by atoms with E-state index in [1.807, 2.05) is 0 Å². The molecule has 3 rings (SSSR count). The molecule has 1 aliphatic carbocycles. The number of benzene rings is 2. The fourth-order valence-electron chi connectivity index (χ4n) is 3.05. The molecule has 92 valence electrons. The lowest BCUT2D eigenvalue weighted by Crippen LogP contribution is -2.06. The Morgan fingerprint density at radius 2 is 1.83 bits per heavy atom. The summed E-state index contributed by atoms with van der Waals surface area (Å²) in [6.07, 6.45) is 2.14. The predicted molar refractivity (Wildman–Crippen MR) is 76.8 cm³/mol. The Morgan fingerprint density at radius 3 is 2.67 bits per heavy atom. The van der Waals surface area contributed by atoms with Gasteiger partial charge >= 0.3 is 0 Å². The summed E-state index contributed by atoms with van der Waals surface area (Å²) in [7, 11) is 0. The van der Waals surface area contributed by atoms with Crippen molar-refractivity contribution in [2.45, 2.75) is 25.7 Å². The lowest BCUT2D eigenvalue weighted by molar-refractivity contribution is 0.685. The molecule has 1 unspecified atom stereocenters. The van der Waals surface area contributed by atoms with E-state index in [0.29, 0.717) is 5.92 Å².